The van der Waals surface area contributed by atoms with Gasteiger partial charge in [0.15, 0.2) is 11.5 Å². The number of hydrogen-bond acceptors (Lipinski definition) is 6. The molecule has 1 unspecified atom stereocenters. The number of hydrogen-bond donors (Lipinski definition) is 1. The van der Waals surface area contributed by atoms with E-state index >= 15 is 0 Å². The first-order valence-corrected chi connectivity index (χ1v) is 10.6. The average molecular weight is 407 g/mol. The summed E-state index contributed by atoms with van der Waals surface area (Å²) in [6, 6.07) is 10.3. The Morgan fingerprint density at radius 1 is 1.04 bits per heavy atom. The fourth-order valence-electron chi connectivity index (χ4n) is 3.50. The van der Waals surface area contributed by atoms with E-state index in [0.29, 0.717) is 30.8 Å². The molecule has 0 saturated heterocycles. The molecule has 1 atom stereocenters. The van der Waals surface area contributed by atoms with Crippen LogP contribution < -0.4 is 9.47 Å². The monoisotopic (exact) mass is 406 g/mol. The third-order valence-corrected chi connectivity index (χ3v) is 6.53. The van der Waals surface area contributed by atoms with Crippen molar-refractivity contribution in [2.24, 2.45) is 0 Å². The van der Waals surface area contributed by atoms with Crippen molar-refractivity contribution in [3.05, 3.63) is 53.1 Å². The zero-order valence-corrected chi connectivity index (χ0v) is 17.2. The van der Waals surface area contributed by atoms with Crippen molar-refractivity contribution in [3.8, 4) is 11.5 Å². The second-order valence-corrected chi connectivity index (χ2v) is 8.83. The van der Waals surface area contributed by atoms with Crippen molar-refractivity contribution >= 4 is 10.1 Å². The van der Waals surface area contributed by atoms with Gasteiger partial charge in [0.05, 0.1) is 31.3 Å². The van der Waals surface area contributed by atoms with Gasteiger partial charge in [-0.2, -0.15) is 8.42 Å². The van der Waals surface area contributed by atoms with Crippen LogP contribution in [0.15, 0.2) is 41.3 Å². The van der Waals surface area contributed by atoms with Gasteiger partial charge in [-0.3, -0.25) is 4.18 Å². The fraction of sp³-hybridized carbons (Fsp3) is 0.429. The summed E-state index contributed by atoms with van der Waals surface area (Å²) in [7, 11) is -0.667. The van der Waals surface area contributed by atoms with Gasteiger partial charge in [0.2, 0.25) is 0 Å². The second-order valence-electron chi connectivity index (χ2n) is 7.22. The Morgan fingerprint density at radius 3 is 2.25 bits per heavy atom. The molecule has 0 aromatic heterocycles. The molecule has 0 amide bonds. The van der Waals surface area contributed by atoms with Crippen LogP contribution in [0.25, 0.3) is 0 Å². The van der Waals surface area contributed by atoms with E-state index in [-0.39, 0.29) is 17.9 Å². The second kappa shape index (κ2) is 8.11. The van der Waals surface area contributed by atoms with E-state index in [4.69, 9.17) is 13.7 Å². The summed E-state index contributed by atoms with van der Waals surface area (Å²) in [6.45, 7) is 1.81. The number of ether oxygens (including phenoxy) is 2. The average Bonchev–Trinajstić information content (AvgIpc) is 2.67. The smallest absolute Gasteiger partial charge is 0.296 e. The zero-order chi connectivity index (χ0) is 20.4. The molecule has 2 aromatic rings. The Labute approximate surface area is 166 Å². The minimum absolute atomic E-state index is 0.0741. The molecule has 0 fully saturated rings. The molecule has 28 heavy (non-hydrogen) atoms. The van der Waals surface area contributed by atoms with Crippen LogP contribution in [0.5, 0.6) is 11.5 Å². The highest BCUT2D eigenvalue weighted by molar-refractivity contribution is 7.86. The summed E-state index contributed by atoms with van der Waals surface area (Å²) in [4.78, 5) is 0.121. The lowest BCUT2D eigenvalue weighted by atomic mass is 9.78. The summed E-state index contributed by atoms with van der Waals surface area (Å²) >= 11 is 0. The normalized spacial score (nSPS) is 19.1. The number of fused-ring (bicyclic) bond motifs is 1. The van der Waals surface area contributed by atoms with Crippen LogP contribution in [0.4, 0.5) is 0 Å². The molecule has 0 saturated carbocycles. The van der Waals surface area contributed by atoms with E-state index in [2.05, 4.69) is 0 Å². The summed E-state index contributed by atoms with van der Waals surface area (Å²) in [5, 5.41) is 11.0. The topological polar surface area (TPSA) is 82.1 Å². The van der Waals surface area contributed by atoms with E-state index < -0.39 is 15.7 Å². The van der Waals surface area contributed by atoms with E-state index in [0.717, 1.165) is 16.7 Å². The molecule has 0 heterocycles. The van der Waals surface area contributed by atoms with Gasteiger partial charge >= 0.3 is 0 Å². The van der Waals surface area contributed by atoms with Crippen molar-refractivity contribution in [2.75, 3.05) is 20.8 Å². The van der Waals surface area contributed by atoms with Crippen LogP contribution in [0, 0.1) is 6.92 Å². The van der Waals surface area contributed by atoms with Gasteiger partial charge in [0, 0.05) is 12.8 Å². The molecular weight excluding hydrogens is 380 g/mol. The molecule has 0 radical (unpaired) electrons. The standard InChI is InChI=1S/C21H26O6S/c1-15-4-6-18(7-5-15)28(23,24)27-11-10-21(22)9-8-16-12-19(25-2)20(26-3)13-17(16)14-21/h4-7,12-13,22H,8-11,14H2,1-3H3. The summed E-state index contributed by atoms with van der Waals surface area (Å²) in [5.41, 5.74) is 2.04. The molecule has 0 aliphatic heterocycles. The Morgan fingerprint density at radius 2 is 1.64 bits per heavy atom. The van der Waals surface area contributed by atoms with Gasteiger partial charge in [0.25, 0.3) is 10.1 Å². The molecule has 152 valence electrons. The minimum Gasteiger partial charge on any atom is -0.493 e. The maximum Gasteiger partial charge on any atom is 0.296 e. The number of rotatable bonds is 7. The maximum atomic E-state index is 12.3. The minimum atomic E-state index is -3.83. The number of aliphatic hydroxyl groups is 1. The van der Waals surface area contributed by atoms with Crippen LogP contribution in [-0.2, 0) is 27.1 Å². The Kier molecular flexibility index (Phi) is 5.98. The molecule has 0 spiro atoms. The third-order valence-electron chi connectivity index (χ3n) is 5.20. The van der Waals surface area contributed by atoms with E-state index in [1.165, 1.54) is 12.1 Å². The van der Waals surface area contributed by atoms with E-state index in [1.54, 1.807) is 26.4 Å². The molecule has 7 heteroatoms. The molecular formula is C21H26O6S. The van der Waals surface area contributed by atoms with Gasteiger partial charge in [-0.15, -0.1) is 0 Å². The molecule has 6 nitrogen and oxygen atoms in total. The van der Waals surface area contributed by atoms with Crippen molar-refractivity contribution in [2.45, 2.75) is 43.1 Å². The van der Waals surface area contributed by atoms with Crippen LogP contribution in [-0.4, -0.2) is 40.0 Å². The van der Waals surface area contributed by atoms with Crippen molar-refractivity contribution in [3.63, 3.8) is 0 Å². The van der Waals surface area contributed by atoms with Crippen molar-refractivity contribution in [1.29, 1.82) is 0 Å². The SMILES string of the molecule is COc1cc2c(cc1OC)CC(O)(CCOS(=O)(=O)c1ccc(C)cc1)CC2. The zero-order valence-electron chi connectivity index (χ0n) is 16.4. The molecule has 1 aliphatic rings. The lowest BCUT2D eigenvalue weighted by Gasteiger charge is -2.34. The lowest BCUT2D eigenvalue weighted by molar-refractivity contribution is 0.00708. The van der Waals surface area contributed by atoms with Gasteiger partial charge in [-0.1, -0.05) is 17.7 Å². The molecule has 1 aliphatic carbocycles. The molecule has 0 bridgehead atoms. The summed E-state index contributed by atoms with van der Waals surface area (Å²) < 4.78 is 40.5. The van der Waals surface area contributed by atoms with Gasteiger partial charge in [0.1, 0.15) is 0 Å². The molecule has 2 aromatic carbocycles. The molecule has 1 N–H and O–H groups in total. The predicted molar refractivity (Wildman–Crippen MR) is 105 cm³/mol. The highest BCUT2D eigenvalue weighted by Crippen LogP contribution is 2.38. The Balaban J connectivity index is 1.66. The van der Waals surface area contributed by atoms with Crippen LogP contribution in [0.3, 0.4) is 0 Å². The van der Waals surface area contributed by atoms with Crippen LogP contribution >= 0.6 is 0 Å². The lowest BCUT2D eigenvalue weighted by Crippen LogP contribution is -2.37. The number of methoxy groups -OCH3 is 2. The number of aryl methyl sites for hydroxylation is 2. The predicted octanol–water partition coefficient (Wildman–Crippen LogP) is 3.03. The maximum absolute atomic E-state index is 12.3. The molecule has 3 rings (SSSR count). The summed E-state index contributed by atoms with van der Waals surface area (Å²) in [6.07, 6.45) is 1.85. The highest BCUT2D eigenvalue weighted by atomic mass is 32.2. The first-order valence-electron chi connectivity index (χ1n) is 9.18. The van der Waals surface area contributed by atoms with Crippen molar-refractivity contribution in [1.82, 2.24) is 0 Å². The quantitative estimate of drug-likeness (QED) is 0.712. The number of benzene rings is 2. The van der Waals surface area contributed by atoms with E-state index in [9.17, 15) is 13.5 Å². The van der Waals surface area contributed by atoms with Crippen LogP contribution in [0.1, 0.15) is 29.5 Å². The highest BCUT2D eigenvalue weighted by Gasteiger charge is 2.33. The van der Waals surface area contributed by atoms with E-state index in [1.807, 2.05) is 19.1 Å². The van der Waals surface area contributed by atoms with Gasteiger partial charge in [-0.05, 0) is 55.2 Å². The Hall–Kier alpha value is -2.09. The third kappa shape index (κ3) is 4.48. The van der Waals surface area contributed by atoms with Gasteiger partial charge < -0.3 is 14.6 Å². The van der Waals surface area contributed by atoms with Crippen molar-refractivity contribution < 1.29 is 27.2 Å². The Bertz CT molecular complexity index is 936. The van der Waals surface area contributed by atoms with Crippen LogP contribution in [0.2, 0.25) is 0 Å². The largest absolute Gasteiger partial charge is 0.493 e. The first kappa shape index (κ1) is 20.6. The van der Waals surface area contributed by atoms with Gasteiger partial charge in [-0.25, -0.2) is 0 Å². The first-order chi connectivity index (χ1) is 13.3. The fourth-order valence-corrected chi connectivity index (χ4v) is 4.41. The summed E-state index contributed by atoms with van der Waals surface area (Å²) in [5.74, 6) is 1.28.